The zero-order chi connectivity index (χ0) is 10.3. The first kappa shape index (κ1) is 13.2. The third-order valence-corrected chi connectivity index (χ3v) is 3.84. The van der Waals surface area contributed by atoms with Gasteiger partial charge in [-0.15, -0.1) is 11.6 Å². The summed E-state index contributed by atoms with van der Waals surface area (Å²) in [5.41, 5.74) is 0. The van der Waals surface area contributed by atoms with Crippen molar-refractivity contribution in [1.82, 2.24) is 4.31 Å². The van der Waals surface area contributed by atoms with Gasteiger partial charge >= 0.3 is 0 Å². The van der Waals surface area contributed by atoms with E-state index < -0.39 is 10.0 Å². The van der Waals surface area contributed by atoms with E-state index in [9.17, 15) is 8.42 Å². The molecule has 6 heteroatoms. The summed E-state index contributed by atoms with van der Waals surface area (Å²) < 4.78 is 24.2. The van der Waals surface area contributed by atoms with Gasteiger partial charge in [-0.2, -0.15) is 4.31 Å². The van der Waals surface area contributed by atoms with Crippen LogP contribution in [0.5, 0.6) is 0 Å². The van der Waals surface area contributed by atoms with Crippen LogP contribution in [0.3, 0.4) is 0 Å². The second-order valence-electron chi connectivity index (χ2n) is 2.63. The molecule has 0 unspecified atom stereocenters. The molecule has 0 aliphatic rings. The molecule has 0 heterocycles. The van der Waals surface area contributed by atoms with Crippen molar-refractivity contribution in [3.63, 3.8) is 0 Å². The zero-order valence-electron chi connectivity index (χ0n) is 7.74. The molecule has 0 bridgehead atoms. The van der Waals surface area contributed by atoms with E-state index in [1.54, 1.807) is 0 Å². The smallest absolute Gasteiger partial charge is 0.215 e. The number of aliphatic hydroxyl groups is 1. The Bertz CT molecular complexity index is 212. The molecule has 0 fully saturated rings. The van der Waals surface area contributed by atoms with E-state index in [0.29, 0.717) is 6.54 Å². The molecular formula is C7H16ClNO3S. The highest BCUT2D eigenvalue weighted by Gasteiger charge is 2.19. The zero-order valence-corrected chi connectivity index (χ0v) is 9.31. The monoisotopic (exact) mass is 229 g/mol. The molecule has 0 aromatic heterocycles. The topological polar surface area (TPSA) is 57.6 Å². The van der Waals surface area contributed by atoms with Crippen LogP contribution in [0.2, 0.25) is 0 Å². The van der Waals surface area contributed by atoms with E-state index in [0.717, 1.165) is 6.42 Å². The Balaban J connectivity index is 4.33. The summed E-state index contributed by atoms with van der Waals surface area (Å²) in [4.78, 5) is 0. The first-order chi connectivity index (χ1) is 6.08. The highest BCUT2D eigenvalue weighted by atomic mass is 35.5. The fourth-order valence-electron chi connectivity index (χ4n) is 0.978. The summed E-state index contributed by atoms with van der Waals surface area (Å²) >= 11 is 5.36. The molecule has 4 nitrogen and oxygen atoms in total. The fraction of sp³-hybridized carbons (Fsp3) is 1.00. The molecule has 0 aromatic rings. The van der Waals surface area contributed by atoms with E-state index >= 15 is 0 Å². The number of alkyl halides is 1. The molecular weight excluding hydrogens is 214 g/mol. The molecule has 0 rings (SSSR count). The lowest BCUT2D eigenvalue weighted by Crippen LogP contribution is -2.36. The summed E-state index contributed by atoms with van der Waals surface area (Å²) in [5.74, 6) is 0.0303. The molecule has 0 saturated carbocycles. The van der Waals surface area contributed by atoms with Crippen LogP contribution in [0.4, 0.5) is 0 Å². The standard InChI is InChI=1S/C7H16ClNO3S/c1-2-4-9(5-6-10)13(11,12)7-3-8/h10H,2-7H2,1H3. The summed E-state index contributed by atoms with van der Waals surface area (Å²) in [5, 5.41) is 8.66. The minimum absolute atomic E-state index is 0.0610. The fourth-order valence-corrected chi connectivity index (χ4v) is 2.84. The van der Waals surface area contributed by atoms with Gasteiger partial charge in [0.1, 0.15) is 0 Å². The largest absolute Gasteiger partial charge is 0.395 e. The Labute approximate surface area is 84.5 Å². The summed E-state index contributed by atoms with van der Waals surface area (Å²) in [6.07, 6.45) is 0.738. The Kier molecular flexibility index (Phi) is 6.67. The van der Waals surface area contributed by atoms with Crippen LogP contribution in [0.1, 0.15) is 13.3 Å². The first-order valence-corrected chi connectivity index (χ1v) is 6.37. The van der Waals surface area contributed by atoms with Crippen LogP contribution in [0, 0.1) is 0 Å². The number of halogens is 1. The number of sulfonamides is 1. The van der Waals surface area contributed by atoms with Gasteiger partial charge in [0.2, 0.25) is 10.0 Å². The normalized spacial score (nSPS) is 12.3. The molecule has 0 spiro atoms. The Morgan fingerprint density at radius 1 is 1.38 bits per heavy atom. The molecule has 13 heavy (non-hydrogen) atoms. The Morgan fingerprint density at radius 2 is 2.00 bits per heavy atom. The highest BCUT2D eigenvalue weighted by Crippen LogP contribution is 2.02. The third-order valence-electron chi connectivity index (χ3n) is 1.55. The minimum atomic E-state index is -3.26. The minimum Gasteiger partial charge on any atom is -0.395 e. The van der Waals surface area contributed by atoms with Gasteiger partial charge in [0.15, 0.2) is 0 Å². The van der Waals surface area contributed by atoms with Crippen molar-refractivity contribution >= 4 is 21.6 Å². The summed E-state index contributed by atoms with van der Waals surface area (Å²) in [6, 6.07) is 0. The Morgan fingerprint density at radius 3 is 2.38 bits per heavy atom. The van der Waals surface area contributed by atoms with Crippen LogP contribution in [0.15, 0.2) is 0 Å². The lowest BCUT2D eigenvalue weighted by Gasteiger charge is -2.19. The molecule has 0 radical (unpaired) electrons. The Hall–Kier alpha value is 0.160. The molecule has 1 N–H and O–H groups in total. The predicted molar refractivity (Wildman–Crippen MR) is 53.5 cm³/mol. The third kappa shape index (κ3) is 4.81. The average Bonchev–Trinajstić information content (AvgIpc) is 2.04. The van der Waals surface area contributed by atoms with Crippen molar-refractivity contribution < 1.29 is 13.5 Å². The number of rotatable bonds is 7. The van der Waals surface area contributed by atoms with Gasteiger partial charge in [-0.1, -0.05) is 6.92 Å². The van der Waals surface area contributed by atoms with E-state index in [1.807, 2.05) is 6.92 Å². The van der Waals surface area contributed by atoms with Crippen LogP contribution in [-0.4, -0.2) is 49.2 Å². The van der Waals surface area contributed by atoms with Crippen LogP contribution in [-0.2, 0) is 10.0 Å². The van der Waals surface area contributed by atoms with Crippen molar-refractivity contribution in [2.45, 2.75) is 13.3 Å². The highest BCUT2D eigenvalue weighted by molar-refractivity contribution is 7.89. The molecule has 0 aliphatic carbocycles. The van der Waals surface area contributed by atoms with Crippen LogP contribution < -0.4 is 0 Å². The maximum atomic E-state index is 11.4. The van der Waals surface area contributed by atoms with Crippen LogP contribution >= 0.6 is 11.6 Å². The van der Waals surface area contributed by atoms with Gasteiger partial charge in [0, 0.05) is 19.0 Å². The van der Waals surface area contributed by atoms with Crippen molar-refractivity contribution in [2.24, 2.45) is 0 Å². The second-order valence-corrected chi connectivity index (χ2v) is 5.09. The average molecular weight is 230 g/mol. The maximum absolute atomic E-state index is 11.4. The number of hydrogen-bond donors (Lipinski definition) is 1. The van der Waals surface area contributed by atoms with Crippen molar-refractivity contribution in [3.8, 4) is 0 Å². The lowest BCUT2D eigenvalue weighted by atomic mass is 10.5. The van der Waals surface area contributed by atoms with Gasteiger partial charge in [0.05, 0.1) is 12.4 Å². The van der Waals surface area contributed by atoms with Crippen molar-refractivity contribution in [3.05, 3.63) is 0 Å². The quantitative estimate of drug-likeness (QED) is 0.638. The van der Waals surface area contributed by atoms with Crippen LogP contribution in [0.25, 0.3) is 0 Å². The maximum Gasteiger partial charge on any atom is 0.215 e. The van der Waals surface area contributed by atoms with E-state index in [1.165, 1.54) is 4.31 Å². The van der Waals surface area contributed by atoms with Gasteiger partial charge in [-0.3, -0.25) is 0 Å². The molecule has 0 amide bonds. The molecule has 0 aromatic carbocycles. The predicted octanol–water partition coefficient (Wildman–Crippen LogP) is 0.259. The molecule has 0 saturated heterocycles. The van der Waals surface area contributed by atoms with Crippen molar-refractivity contribution in [2.75, 3.05) is 31.3 Å². The van der Waals surface area contributed by atoms with Gasteiger partial charge < -0.3 is 5.11 Å². The number of nitrogens with zero attached hydrogens (tertiary/aromatic N) is 1. The van der Waals surface area contributed by atoms with Gasteiger partial charge in [-0.05, 0) is 6.42 Å². The van der Waals surface area contributed by atoms with Crippen molar-refractivity contribution in [1.29, 1.82) is 0 Å². The van der Waals surface area contributed by atoms with E-state index in [-0.39, 0.29) is 24.8 Å². The molecule has 0 atom stereocenters. The molecule has 80 valence electrons. The van der Waals surface area contributed by atoms with Gasteiger partial charge in [0.25, 0.3) is 0 Å². The number of aliphatic hydroxyl groups excluding tert-OH is 1. The SMILES string of the molecule is CCCN(CCO)S(=O)(=O)CCCl. The summed E-state index contributed by atoms with van der Waals surface area (Å²) in [6.45, 7) is 2.34. The molecule has 0 aliphatic heterocycles. The van der Waals surface area contributed by atoms with E-state index in [2.05, 4.69) is 0 Å². The summed E-state index contributed by atoms with van der Waals surface area (Å²) in [7, 11) is -3.26. The number of hydrogen-bond acceptors (Lipinski definition) is 3. The lowest BCUT2D eigenvalue weighted by molar-refractivity contribution is 0.254. The van der Waals surface area contributed by atoms with E-state index in [4.69, 9.17) is 16.7 Å². The second kappa shape index (κ2) is 6.59. The first-order valence-electron chi connectivity index (χ1n) is 4.23. The van der Waals surface area contributed by atoms with Gasteiger partial charge in [-0.25, -0.2) is 8.42 Å².